The number of aromatic nitrogens is 4. The summed E-state index contributed by atoms with van der Waals surface area (Å²) >= 11 is 3.52. The quantitative estimate of drug-likeness (QED) is 0.513. The van der Waals surface area contributed by atoms with Crippen LogP contribution in [0.25, 0.3) is 11.4 Å². The maximum Gasteiger partial charge on any atom is 0.227 e. The lowest BCUT2D eigenvalue weighted by atomic mass is 10.2. The molecule has 0 atom stereocenters. The van der Waals surface area contributed by atoms with Crippen LogP contribution in [0.4, 0.5) is 11.6 Å². The Kier molecular flexibility index (Phi) is 7.00. The summed E-state index contributed by atoms with van der Waals surface area (Å²) in [6.45, 7) is 6.15. The predicted molar refractivity (Wildman–Crippen MR) is 119 cm³/mol. The number of hydrogen-bond acceptors (Lipinski definition) is 6. The number of imidazole rings is 1. The normalized spacial score (nSPS) is 11.4. The first-order valence-electron chi connectivity index (χ1n) is 8.30. The maximum atomic E-state index is 11.6. The maximum absolute atomic E-state index is 11.6. The van der Waals surface area contributed by atoms with Crippen molar-refractivity contribution in [2.24, 2.45) is 0 Å². The molecule has 0 saturated carbocycles. The molecule has 3 rings (SSSR count). The van der Waals surface area contributed by atoms with Crippen LogP contribution in [0.3, 0.4) is 0 Å². The number of nitrogens with one attached hydrogen (secondary N) is 1. The van der Waals surface area contributed by atoms with Crippen LogP contribution < -0.4 is 5.32 Å². The van der Waals surface area contributed by atoms with Crippen molar-refractivity contribution >= 4 is 54.4 Å². The summed E-state index contributed by atoms with van der Waals surface area (Å²) in [5.74, 6) is 1.32. The van der Waals surface area contributed by atoms with Crippen molar-refractivity contribution in [3.63, 3.8) is 0 Å². The van der Waals surface area contributed by atoms with Crippen molar-refractivity contribution in [1.29, 1.82) is 0 Å². The second-order valence-electron chi connectivity index (χ2n) is 6.47. The Hall–Kier alpha value is -1.78. The molecule has 0 radical (unpaired) electrons. The van der Waals surface area contributed by atoms with Crippen molar-refractivity contribution < 1.29 is 8.42 Å². The van der Waals surface area contributed by atoms with Crippen LogP contribution in [-0.2, 0) is 9.84 Å². The van der Waals surface area contributed by atoms with Gasteiger partial charge in [0.1, 0.15) is 11.5 Å². The zero-order valence-electron chi connectivity index (χ0n) is 15.8. The lowest BCUT2D eigenvalue weighted by Crippen LogP contribution is -2.07. The standard InChI is InChI=1S/C18H20BrN5O2S.BrH/c1-11(2)24-12(3)20-10-16(24)17-15(19)9-21-18(23-17)22-13-5-7-14(8-6-13)27(4,25)26;/h5-11H,1-4H3,(H,21,22,23);1H. The van der Waals surface area contributed by atoms with E-state index in [4.69, 9.17) is 0 Å². The summed E-state index contributed by atoms with van der Waals surface area (Å²) in [4.78, 5) is 13.6. The number of halogens is 2. The van der Waals surface area contributed by atoms with Crippen LogP contribution in [0.15, 0.2) is 46.0 Å². The van der Waals surface area contributed by atoms with E-state index in [1.807, 2.05) is 6.92 Å². The highest BCUT2D eigenvalue weighted by Crippen LogP contribution is 2.30. The van der Waals surface area contributed by atoms with E-state index in [-0.39, 0.29) is 27.9 Å². The second-order valence-corrected chi connectivity index (χ2v) is 9.34. The fourth-order valence-corrected chi connectivity index (χ4v) is 3.83. The Bertz CT molecular complexity index is 1080. The second kappa shape index (κ2) is 8.71. The van der Waals surface area contributed by atoms with Gasteiger partial charge in [-0.2, -0.15) is 0 Å². The van der Waals surface area contributed by atoms with Crippen molar-refractivity contribution in [3.05, 3.63) is 47.0 Å². The van der Waals surface area contributed by atoms with Gasteiger partial charge < -0.3 is 9.88 Å². The molecule has 0 unspecified atom stereocenters. The molecule has 2 heterocycles. The molecule has 0 aliphatic heterocycles. The van der Waals surface area contributed by atoms with E-state index >= 15 is 0 Å². The minimum Gasteiger partial charge on any atom is -0.324 e. The molecule has 0 spiro atoms. The van der Waals surface area contributed by atoms with Gasteiger partial charge in [0.15, 0.2) is 9.84 Å². The minimum atomic E-state index is -3.23. The Morgan fingerprint density at radius 3 is 2.32 bits per heavy atom. The van der Waals surface area contributed by atoms with Gasteiger partial charge in [0.25, 0.3) is 0 Å². The van der Waals surface area contributed by atoms with Gasteiger partial charge in [-0.05, 0) is 61.0 Å². The zero-order valence-corrected chi connectivity index (χ0v) is 20.0. The summed E-state index contributed by atoms with van der Waals surface area (Å²) in [6, 6.07) is 6.71. The largest absolute Gasteiger partial charge is 0.324 e. The van der Waals surface area contributed by atoms with E-state index in [2.05, 4.69) is 54.6 Å². The molecule has 3 aromatic rings. The molecule has 0 aliphatic carbocycles. The molecular formula is C18H21Br2N5O2S. The van der Waals surface area contributed by atoms with E-state index in [1.165, 1.54) is 6.26 Å². The van der Waals surface area contributed by atoms with E-state index < -0.39 is 9.84 Å². The van der Waals surface area contributed by atoms with Crippen LogP contribution in [0.1, 0.15) is 25.7 Å². The Morgan fingerprint density at radius 1 is 1.11 bits per heavy atom. The van der Waals surface area contributed by atoms with E-state index in [9.17, 15) is 8.42 Å². The molecule has 1 N–H and O–H groups in total. The monoisotopic (exact) mass is 529 g/mol. The summed E-state index contributed by atoms with van der Waals surface area (Å²) in [6.07, 6.45) is 4.66. The summed E-state index contributed by atoms with van der Waals surface area (Å²) in [5.41, 5.74) is 2.33. The number of benzene rings is 1. The number of anilines is 2. The fourth-order valence-electron chi connectivity index (χ4n) is 2.80. The van der Waals surface area contributed by atoms with Crippen molar-refractivity contribution in [2.45, 2.75) is 31.7 Å². The fraction of sp³-hybridized carbons (Fsp3) is 0.278. The molecule has 0 amide bonds. The Balaban J connectivity index is 0.00000280. The van der Waals surface area contributed by atoms with Gasteiger partial charge in [0, 0.05) is 24.2 Å². The summed E-state index contributed by atoms with van der Waals surface area (Å²) in [7, 11) is -3.23. The highest BCUT2D eigenvalue weighted by atomic mass is 79.9. The van der Waals surface area contributed by atoms with Gasteiger partial charge in [-0.15, -0.1) is 17.0 Å². The summed E-state index contributed by atoms with van der Waals surface area (Å²) in [5, 5.41) is 3.11. The van der Waals surface area contributed by atoms with Crippen molar-refractivity contribution in [1.82, 2.24) is 19.5 Å². The first kappa shape index (κ1) is 22.5. The molecule has 0 bridgehead atoms. The molecule has 28 heavy (non-hydrogen) atoms. The molecular weight excluding hydrogens is 510 g/mol. The number of sulfone groups is 1. The summed E-state index contributed by atoms with van der Waals surface area (Å²) < 4.78 is 26.0. The number of hydrogen-bond donors (Lipinski definition) is 1. The predicted octanol–water partition coefficient (Wildman–Crippen LogP) is 4.72. The third kappa shape index (κ3) is 4.79. The van der Waals surface area contributed by atoms with Gasteiger partial charge in [-0.3, -0.25) is 0 Å². The Labute approximate surface area is 183 Å². The number of nitrogens with zero attached hydrogens (tertiary/aromatic N) is 4. The molecule has 0 aliphatic rings. The van der Waals surface area contributed by atoms with Crippen LogP contribution in [0.2, 0.25) is 0 Å². The first-order chi connectivity index (χ1) is 12.7. The molecule has 0 fully saturated rings. The van der Waals surface area contributed by atoms with E-state index in [0.29, 0.717) is 11.6 Å². The molecule has 150 valence electrons. The zero-order chi connectivity index (χ0) is 19.8. The molecule has 10 heteroatoms. The SMILES string of the molecule is Br.Cc1ncc(-c2nc(Nc3ccc(S(C)(=O)=O)cc3)ncc2Br)n1C(C)C. The molecule has 2 aromatic heterocycles. The average molecular weight is 531 g/mol. The van der Waals surface area contributed by atoms with Crippen LogP contribution in [0.5, 0.6) is 0 Å². The van der Waals surface area contributed by atoms with E-state index in [0.717, 1.165) is 21.7 Å². The smallest absolute Gasteiger partial charge is 0.227 e. The molecule has 7 nitrogen and oxygen atoms in total. The van der Waals surface area contributed by atoms with Crippen LogP contribution in [-0.4, -0.2) is 34.2 Å². The van der Waals surface area contributed by atoms with Gasteiger partial charge in [0.2, 0.25) is 5.95 Å². The third-order valence-electron chi connectivity index (χ3n) is 4.02. The average Bonchev–Trinajstić information content (AvgIpc) is 2.98. The highest BCUT2D eigenvalue weighted by Gasteiger charge is 2.16. The topological polar surface area (TPSA) is 89.8 Å². The van der Waals surface area contributed by atoms with Crippen LogP contribution >= 0.6 is 32.9 Å². The minimum absolute atomic E-state index is 0. The van der Waals surface area contributed by atoms with Gasteiger partial charge >= 0.3 is 0 Å². The van der Waals surface area contributed by atoms with Gasteiger partial charge in [0.05, 0.1) is 21.3 Å². The number of aryl methyl sites for hydroxylation is 1. The van der Waals surface area contributed by atoms with Gasteiger partial charge in [-0.25, -0.2) is 23.4 Å². The van der Waals surface area contributed by atoms with Crippen molar-refractivity contribution in [3.8, 4) is 11.4 Å². The van der Waals surface area contributed by atoms with Crippen molar-refractivity contribution in [2.75, 3.05) is 11.6 Å². The highest BCUT2D eigenvalue weighted by molar-refractivity contribution is 9.10. The molecule has 1 aromatic carbocycles. The number of rotatable bonds is 5. The van der Waals surface area contributed by atoms with Gasteiger partial charge in [-0.1, -0.05) is 0 Å². The van der Waals surface area contributed by atoms with Crippen LogP contribution in [0, 0.1) is 6.92 Å². The first-order valence-corrected chi connectivity index (χ1v) is 11.0. The third-order valence-corrected chi connectivity index (χ3v) is 5.73. The van der Waals surface area contributed by atoms with E-state index in [1.54, 1.807) is 36.7 Å². The molecule has 0 saturated heterocycles. The lowest BCUT2D eigenvalue weighted by Gasteiger charge is -2.15. The lowest BCUT2D eigenvalue weighted by molar-refractivity contribution is 0.587. The Morgan fingerprint density at radius 2 is 1.75 bits per heavy atom.